The molecule has 0 fully saturated rings. The van der Waals surface area contributed by atoms with Crippen molar-refractivity contribution in [1.29, 1.82) is 0 Å². The monoisotopic (exact) mass is 1120 g/mol. The van der Waals surface area contributed by atoms with E-state index in [9.17, 15) is 14.4 Å². The molecule has 0 radical (unpaired) electrons. The van der Waals surface area contributed by atoms with Crippen LogP contribution in [0.25, 0.3) is 0 Å². The van der Waals surface area contributed by atoms with Gasteiger partial charge in [-0.1, -0.05) is 283 Å². The Labute approximate surface area is 500 Å². The van der Waals surface area contributed by atoms with Crippen molar-refractivity contribution < 1.29 is 28.6 Å². The molecule has 6 nitrogen and oxygen atoms in total. The van der Waals surface area contributed by atoms with Crippen LogP contribution in [0.5, 0.6) is 0 Å². The van der Waals surface area contributed by atoms with Crippen LogP contribution in [0.15, 0.2) is 134 Å². The molecule has 0 saturated heterocycles. The molecule has 0 bridgehead atoms. The van der Waals surface area contributed by atoms with E-state index < -0.39 is 6.10 Å². The van der Waals surface area contributed by atoms with Crippen LogP contribution in [0.3, 0.4) is 0 Å². The van der Waals surface area contributed by atoms with Crippen LogP contribution in [0.2, 0.25) is 0 Å². The summed E-state index contributed by atoms with van der Waals surface area (Å²) in [5, 5.41) is 0. The number of hydrogen-bond acceptors (Lipinski definition) is 6. The van der Waals surface area contributed by atoms with E-state index in [2.05, 4.69) is 154 Å². The van der Waals surface area contributed by atoms with Gasteiger partial charge < -0.3 is 14.2 Å². The van der Waals surface area contributed by atoms with E-state index in [-0.39, 0.29) is 31.1 Å². The highest BCUT2D eigenvalue weighted by atomic mass is 16.6. The molecule has 0 aliphatic heterocycles. The highest BCUT2D eigenvalue weighted by molar-refractivity contribution is 5.71. The van der Waals surface area contributed by atoms with E-state index >= 15 is 0 Å². The number of rotatable bonds is 60. The second kappa shape index (κ2) is 68.1. The molecule has 0 heterocycles. The Hall–Kier alpha value is -4.45. The van der Waals surface area contributed by atoms with Crippen molar-refractivity contribution >= 4 is 17.9 Å². The molecule has 0 spiro atoms. The Morgan fingerprint density at radius 3 is 0.765 bits per heavy atom. The molecular formula is C75H124O6. The number of allylic oxidation sites excluding steroid dienone is 22. The minimum atomic E-state index is -0.801. The van der Waals surface area contributed by atoms with E-state index in [1.807, 2.05) is 0 Å². The molecule has 0 N–H and O–H groups in total. The molecule has 6 heteroatoms. The number of carbonyl (C=O) groups excluding carboxylic acids is 3. The number of hydrogen-bond donors (Lipinski definition) is 0. The molecule has 0 aliphatic rings. The summed E-state index contributed by atoms with van der Waals surface area (Å²) in [5.41, 5.74) is 0. The SMILES string of the molecule is CC/C=C\C/C=C\C/C=C\C/C=C\C/C=C\CCCCCCCCCCCCCC(=O)OCC(COC(=O)CCCCC/C=C\C/C=C\C/C=C\CC)OC(=O)CCCCCCCCCC/C=C\C/C=C\C/C=C\CCCCCCC. The van der Waals surface area contributed by atoms with Gasteiger partial charge in [0.25, 0.3) is 0 Å². The molecular weight excluding hydrogens is 997 g/mol. The Morgan fingerprint density at radius 1 is 0.259 bits per heavy atom. The van der Waals surface area contributed by atoms with Gasteiger partial charge in [0.1, 0.15) is 13.2 Å². The fraction of sp³-hybridized carbons (Fsp3) is 0.667. The van der Waals surface area contributed by atoms with Crippen molar-refractivity contribution in [2.24, 2.45) is 0 Å². The lowest BCUT2D eigenvalue weighted by Gasteiger charge is -2.18. The van der Waals surface area contributed by atoms with Crippen LogP contribution in [-0.4, -0.2) is 37.2 Å². The first kappa shape index (κ1) is 76.5. The predicted molar refractivity (Wildman–Crippen MR) is 353 cm³/mol. The summed E-state index contributed by atoms with van der Waals surface area (Å²) in [6.07, 6.45) is 96.1. The average molecular weight is 1120 g/mol. The lowest BCUT2D eigenvalue weighted by Crippen LogP contribution is -2.30. The number of ether oxygens (including phenoxy) is 3. The maximum Gasteiger partial charge on any atom is 0.306 e. The van der Waals surface area contributed by atoms with Crippen LogP contribution in [0.4, 0.5) is 0 Å². The first-order valence-corrected chi connectivity index (χ1v) is 33.7. The molecule has 0 rings (SSSR count). The minimum Gasteiger partial charge on any atom is -0.462 e. The number of esters is 3. The highest BCUT2D eigenvalue weighted by Crippen LogP contribution is 2.16. The molecule has 0 saturated carbocycles. The standard InChI is InChI=1S/C75H124O6/c1-4-7-10-13-16-19-22-25-27-29-31-33-35-36-37-38-40-41-43-45-47-50-53-56-59-62-65-68-74(77)80-71-72(70-79-73(76)67-64-61-58-55-52-49-24-21-18-15-12-9-6-3)81-75(78)69-66-63-60-57-54-51-48-46-44-42-39-34-32-30-28-26-23-20-17-14-11-8-5-2/h7,9-10,12,16,18-19,21,23,25-27,30-33,36-37,39,42,49,52,72H,4-6,8,11,13-15,17,20,22,24,28-29,34-35,38,40-41,43-48,50-51,53-71H2,1-3H3/b10-7-,12-9-,19-16-,21-18-,26-23-,27-25-,32-30-,33-31-,37-36-,42-39-,52-49-. The largest absolute Gasteiger partial charge is 0.462 e. The van der Waals surface area contributed by atoms with Crippen molar-refractivity contribution in [2.75, 3.05) is 13.2 Å². The van der Waals surface area contributed by atoms with Crippen LogP contribution < -0.4 is 0 Å². The molecule has 0 aromatic rings. The fourth-order valence-electron chi connectivity index (χ4n) is 9.14. The summed E-state index contributed by atoms with van der Waals surface area (Å²) >= 11 is 0. The Morgan fingerprint density at radius 2 is 0.481 bits per heavy atom. The molecule has 1 atom stereocenters. The third-order valence-corrected chi connectivity index (χ3v) is 14.1. The van der Waals surface area contributed by atoms with Crippen LogP contribution in [-0.2, 0) is 28.6 Å². The molecule has 0 amide bonds. The van der Waals surface area contributed by atoms with E-state index in [1.54, 1.807) is 0 Å². The van der Waals surface area contributed by atoms with Crippen molar-refractivity contribution in [1.82, 2.24) is 0 Å². The van der Waals surface area contributed by atoms with Crippen LogP contribution in [0.1, 0.15) is 303 Å². The van der Waals surface area contributed by atoms with Gasteiger partial charge in [0.05, 0.1) is 0 Å². The molecule has 1 unspecified atom stereocenters. The molecule has 81 heavy (non-hydrogen) atoms. The van der Waals surface area contributed by atoms with Crippen molar-refractivity contribution in [3.63, 3.8) is 0 Å². The smallest absolute Gasteiger partial charge is 0.306 e. The molecule has 460 valence electrons. The lowest BCUT2D eigenvalue weighted by molar-refractivity contribution is -0.167. The molecule has 0 aromatic heterocycles. The Bertz CT molecular complexity index is 1720. The maximum absolute atomic E-state index is 12.9. The van der Waals surface area contributed by atoms with Crippen LogP contribution in [0, 0.1) is 0 Å². The van der Waals surface area contributed by atoms with Crippen LogP contribution >= 0.6 is 0 Å². The van der Waals surface area contributed by atoms with Gasteiger partial charge in [0, 0.05) is 19.3 Å². The van der Waals surface area contributed by atoms with Crippen molar-refractivity contribution in [3.8, 4) is 0 Å². The zero-order valence-electron chi connectivity index (χ0n) is 52.8. The van der Waals surface area contributed by atoms with Gasteiger partial charge in [0.15, 0.2) is 6.10 Å². The molecule has 0 aliphatic carbocycles. The van der Waals surface area contributed by atoms with Crippen molar-refractivity contribution in [3.05, 3.63) is 134 Å². The second-order valence-electron chi connectivity index (χ2n) is 22.0. The van der Waals surface area contributed by atoms with Gasteiger partial charge in [-0.3, -0.25) is 14.4 Å². The van der Waals surface area contributed by atoms with Gasteiger partial charge >= 0.3 is 17.9 Å². The summed E-state index contributed by atoms with van der Waals surface area (Å²) in [5.74, 6) is -0.931. The molecule has 0 aromatic carbocycles. The second-order valence-corrected chi connectivity index (χ2v) is 22.0. The first-order valence-electron chi connectivity index (χ1n) is 33.7. The summed E-state index contributed by atoms with van der Waals surface area (Å²) in [4.78, 5) is 38.4. The number of unbranched alkanes of at least 4 members (excludes halogenated alkanes) is 27. The topological polar surface area (TPSA) is 78.9 Å². The normalized spacial score (nSPS) is 13.0. The van der Waals surface area contributed by atoms with Gasteiger partial charge in [0.2, 0.25) is 0 Å². The van der Waals surface area contributed by atoms with Crippen molar-refractivity contribution in [2.45, 2.75) is 309 Å². The van der Waals surface area contributed by atoms with Gasteiger partial charge in [-0.25, -0.2) is 0 Å². The summed E-state index contributed by atoms with van der Waals surface area (Å²) in [6.45, 7) is 6.38. The third-order valence-electron chi connectivity index (χ3n) is 14.1. The summed E-state index contributed by atoms with van der Waals surface area (Å²) in [7, 11) is 0. The van der Waals surface area contributed by atoms with Gasteiger partial charge in [-0.2, -0.15) is 0 Å². The first-order chi connectivity index (χ1) is 40.0. The Kier molecular flexibility index (Phi) is 64.3. The fourth-order valence-corrected chi connectivity index (χ4v) is 9.14. The lowest BCUT2D eigenvalue weighted by atomic mass is 10.0. The van der Waals surface area contributed by atoms with E-state index in [1.165, 1.54) is 128 Å². The zero-order valence-corrected chi connectivity index (χ0v) is 52.8. The van der Waals surface area contributed by atoms with E-state index in [0.717, 1.165) is 135 Å². The highest BCUT2D eigenvalue weighted by Gasteiger charge is 2.19. The zero-order chi connectivity index (χ0) is 58.5. The summed E-state index contributed by atoms with van der Waals surface area (Å²) in [6, 6.07) is 0. The number of carbonyl (C=O) groups is 3. The van der Waals surface area contributed by atoms with E-state index in [0.29, 0.717) is 19.3 Å². The van der Waals surface area contributed by atoms with Gasteiger partial charge in [-0.05, 0) is 135 Å². The predicted octanol–water partition coefficient (Wildman–Crippen LogP) is 23.3. The third kappa shape index (κ3) is 66.2. The summed E-state index contributed by atoms with van der Waals surface area (Å²) < 4.78 is 16.9. The van der Waals surface area contributed by atoms with Gasteiger partial charge in [-0.15, -0.1) is 0 Å². The quantitative estimate of drug-likeness (QED) is 0.0261. The minimum absolute atomic E-state index is 0.0950. The Balaban J connectivity index is 4.35. The maximum atomic E-state index is 12.9. The van der Waals surface area contributed by atoms with E-state index in [4.69, 9.17) is 14.2 Å². The average Bonchev–Trinajstić information content (AvgIpc) is 3.46.